The van der Waals surface area contributed by atoms with Crippen LogP contribution in [0.1, 0.15) is 15.9 Å². The zero-order chi connectivity index (χ0) is 15.4. The largest absolute Gasteiger partial charge is 0.480 e. The fourth-order valence-electron chi connectivity index (χ4n) is 1.58. The van der Waals surface area contributed by atoms with Crippen molar-refractivity contribution in [2.45, 2.75) is 0 Å². The second-order valence-corrected chi connectivity index (χ2v) is 4.54. The first-order valence-corrected chi connectivity index (χ1v) is 6.39. The highest BCUT2D eigenvalue weighted by Crippen LogP contribution is 2.27. The molecule has 0 radical (unpaired) electrons. The van der Waals surface area contributed by atoms with Crippen molar-refractivity contribution in [2.75, 3.05) is 12.4 Å². The molecule has 2 rings (SSSR count). The number of carbonyl (C=O) groups is 1. The maximum absolute atomic E-state index is 12.2. The number of rotatable bonds is 3. The summed E-state index contributed by atoms with van der Waals surface area (Å²) in [7, 11) is 1.35. The average molecular weight is 323 g/mol. The fourth-order valence-corrected chi connectivity index (χ4v) is 1.93. The van der Waals surface area contributed by atoms with Crippen molar-refractivity contribution in [3.8, 4) is 11.9 Å². The minimum absolute atomic E-state index is 0.0260. The van der Waals surface area contributed by atoms with Gasteiger partial charge in [-0.2, -0.15) is 10.2 Å². The molecule has 1 aromatic heterocycles. The molecule has 1 heterocycles. The molecule has 8 heteroatoms. The number of hydrogen-bond donors (Lipinski definition) is 1. The van der Waals surface area contributed by atoms with Gasteiger partial charge in [0.15, 0.2) is 0 Å². The zero-order valence-corrected chi connectivity index (χ0v) is 12.2. The molecule has 1 aromatic carbocycles. The van der Waals surface area contributed by atoms with Crippen molar-refractivity contribution in [3.05, 3.63) is 45.8 Å². The Bertz CT molecular complexity index is 743. The molecule has 0 fully saturated rings. The number of hydrogen-bond acceptors (Lipinski definition) is 5. The molecule has 0 saturated carbocycles. The van der Waals surface area contributed by atoms with Gasteiger partial charge in [-0.25, -0.2) is 4.98 Å². The van der Waals surface area contributed by atoms with Crippen LogP contribution in [0.25, 0.3) is 0 Å². The summed E-state index contributed by atoms with van der Waals surface area (Å²) >= 11 is 11.6. The van der Waals surface area contributed by atoms with Crippen LogP contribution in [-0.4, -0.2) is 23.0 Å². The lowest BCUT2D eigenvalue weighted by Gasteiger charge is -2.10. The Balaban J connectivity index is 2.38. The van der Waals surface area contributed by atoms with Crippen LogP contribution < -0.4 is 10.1 Å². The van der Waals surface area contributed by atoms with Gasteiger partial charge < -0.3 is 10.1 Å². The summed E-state index contributed by atoms with van der Waals surface area (Å²) in [6.07, 6.45) is 1.23. The van der Waals surface area contributed by atoms with Gasteiger partial charge in [0.2, 0.25) is 11.2 Å². The Hall–Kier alpha value is -2.36. The van der Waals surface area contributed by atoms with Crippen LogP contribution in [0.15, 0.2) is 24.4 Å². The lowest BCUT2D eigenvalue weighted by Crippen LogP contribution is -2.15. The van der Waals surface area contributed by atoms with Gasteiger partial charge in [0.05, 0.1) is 23.4 Å². The number of nitriles is 1. The second kappa shape index (κ2) is 6.39. The van der Waals surface area contributed by atoms with Crippen molar-refractivity contribution >= 4 is 34.8 Å². The SMILES string of the molecule is COc1nc(Cl)ncc1C(=O)Nc1c(Cl)cccc1C#N. The van der Waals surface area contributed by atoms with E-state index < -0.39 is 5.91 Å². The predicted molar refractivity (Wildman–Crippen MR) is 77.7 cm³/mol. The van der Waals surface area contributed by atoms with E-state index in [1.54, 1.807) is 12.1 Å². The number of benzene rings is 1. The number of ether oxygens (including phenoxy) is 1. The van der Waals surface area contributed by atoms with Crippen LogP contribution >= 0.6 is 23.2 Å². The van der Waals surface area contributed by atoms with E-state index in [2.05, 4.69) is 15.3 Å². The molecule has 1 amide bonds. The molecule has 0 atom stereocenters. The molecule has 0 aliphatic heterocycles. The number of nitrogens with one attached hydrogen (secondary N) is 1. The van der Waals surface area contributed by atoms with Crippen molar-refractivity contribution in [1.29, 1.82) is 5.26 Å². The van der Waals surface area contributed by atoms with Crippen molar-refractivity contribution in [2.24, 2.45) is 0 Å². The normalized spacial score (nSPS) is 9.81. The average Bonchev–Trinajstić information content (AvgIpc) is 2.48. The third kappa shape index (κ3) is 3.21. The van der Waals surface area contributed by atoms with Crippen LogP contribution in [0.5, 0.6) is 5.88 Å². The third-order valence-electron chi connectivity index (χ3n) is 2.53. The summed E-state index contributed by atoms with van der Waals surface area (Å²) in [6, 6.07) is 6.66. The molecule has 0 bridgehead atoms. The maximum atomic E-state index is 12.2. The number of nitrogens with zero attached hydrogens (tertiary/aromatic N) is 3. The number of aromatic nitrogens is 2. The van der Waals surface area contributed by atoms with E-state index in [0.29, 0.717) is 0 Å². The van der Waals surface area contributed by atoms with Crippen molar-refractivity contribution in [3.63, 3.8) is 0 Å². The lowest BCUT2D eigenvalue weighted by atomic mass is 10.2. The molecule has 6 nitrogen and oxygen atoms in total. The number of para-hydroxylation sites is 1. The van der Waals surface area contributed by atoms with Crippen LogP contribution in [0.2, 0.25) is 10.3 Å². The summed E-state index contributed by atoms with van der Waals surface area (Å²) in [5.74, 6) is -0.536. The lowest BCUT2D eigenvalue weighted by molar-refractivity contribution is 0.102. The standard InChI is InChI=1S/C13H8Cl2N4O2/c1-21-12-8(6-17-13(15)19-12)11(20)18-10-7(5-16)3-2-4-9(10)14/h2-4,6H,1H3,(H,18,20). The summed E-state index contributed by atoms with van der Waals surface area (Å²) in [6.45, 7) is 0. The maximum Gasteiger partial charge on any atom is 0.262 e. The van der Waals surface area contributed by atoms with Gasteiger partial charge in [-0.3, -0.25) is 4.79 Å². The summed E-state index contributed by atoms with van der Waals surface area (Å²) < 4.78 is 4.98. The number of carbonyl (C=O) groups excluding carboxylic acids is 1. The van der Waals surface area contributed by atoms with E-state index in [0.717, 1.165) is 0 Å². The van der Waals surface area contributed by atoms with E-state index in [-0.39, 0.29) is 33.0 Å². The number of amides is 1. The van der Waals surface area contributed by atoms with Gasteiger partial charge in [0.25, 0.3) is 5.91 Å². The topological polar surface area (TPSA) is 87.9 Å². The van der Waals surface area contributed by atoms with Crippen LogP contribution in [-0.2, 0) is 0 Å². The number of anilines is 1. The molecule has 1 N–H and O–H groups in total. The van der Waals surface area contributed by atoms with Gasteiger partial charge in [0, 0.05) is 6.20 Å². The molecule has 21 heavy (non-hydrogen) atoms. The molecular formula is C13H8Cl2N4O2. The van der Waals surface area contributed by atoms with Crippen LogP contribution in [0.4, 0.5) is 5.69 Å². The first-order chi connectivity index (χ1) is 10.1. The van der Waals surface area contributed by atoms with E-state index in [1.807, 2.05) is 6.07 Å². The molecule has 0 aliphatic carbocycles. The van der Waals surface area contributed by atoms with Crippen molar-refractivity contribution < 1.29 is 9.53 Å². The Kier molecular flexibility index (Phi) is 4.58. The highest BCUT2D eigenvalue weighted by molar-refractivity contribution is 6.34. The molecule has 106 valence electrons. The van der Waals surface area contributed by atoms with Gasteiger partial charge in [-0.15, -0.1) is 0 Å². The molecule has 0 spiro atoms. The molecule has 0 unspecified atom stereocenters. The predicted octanol–water partition coefficient (Wildman–Crippen LogP) is 2.92. The zero-order valence-electron chi connectivity index (χ0n) is 10.7. The smallest absolute Gasteiger partial charge is 0.262 e. The van der Waals surface area contributed by atoms with E-state index in [9.17, 15) is 4.79 Å². The minimum Gasteiger partial charge on any atom is -0.480 e. The minimum atomic E-state index is -0.562. The Morgan fingerprint density at radius 1 is 1.43 bits per heavy atom. The number of methoxy groups -OCH3 is 1. The van der Waals surface area contributed by atoms with Gasteiger partial charge in [0.1, 0.15) is 11.6 Å². The molecule has 0 saturated heterocycles. The van der Waals surface area contributed by atoms with Crippen molar-refractivity contribution in [1.82, 2.24) is 9.97 Å². The van der Waals surface area contributed by atoms with Gasteiger partial charge >= 0.3 is 0 Å². The quantitative estimate of drug-likeness (QED) is 0.878. The number of halogens is 2. The second-order valence-electron chi connectivity index (χ2n) is 3.79. The van der Waals surface area contributed by atoms with E-state index in [4.69, 9.17) is 33.2 Å². The molecule has 0 aliphatic rings. The Morgan fingerprint density at radius 3 is 2.86 bits per heavy atom. The molecule has 2 aromatic rings. The fraction of sp³-hybridized carbons (Fsp3) is 0.0769. The van der Waals surface area contributed by atoms with Gasteiger partial charge in [-0.1, -0.05) is 17.7 Å². The van der Waals surface area contributed by atoms with E-state index in [1.165, 1.54) is 19.4 Å². The third-order valence-corrected chi connectivity index (χ3v) is 3.03. The Labute approximate surface area is 130 Å². The summed E-state index contributed by atoms with van der Waals surface area (Å²) in [4.78, 5) is 19.8. The van der Waals surface area contributed by atoms with Crippen LogP contribution in [0.3, 0.4) is 0 Å². The monoisotopic (exact) mass is 322 g/mol. The van der Waals surface area contributed by atoms with Gasteiger partial charge in [-0.05, 0) is 23.7 Å². The highest BCUT2D eigenvalue weighted by atomic mass is 35.5. The van der Waals surface area contributed by atoms with Crippen LogP contribution in [0, 0.1) is 11.3 Å². The first kappa shape index (κ1) is 15.0. The molecular weight excluding hydrogens is 315 g/mol. The first-order valence-electron chi connectivity index (χ1n) is 5.63. The Morgan fingerprint density at radius 2 is 2.19 bits per heavy atom. The summed E-state index contributed by atoms with van der Waals surface area (Å²) in [5.41, 5.74) is 0.527. The van der Waals surface area contributed by atoms with E-state index >= 15 is 0 Å². The highest BCUT2D eigenvalue weighted by Gasteiger charge is 2.18. The summed E-state index contributed by atoms with van der Waals surface area (Å²) in [5, 5.41) is 11.8.